The molecule has 0 unspecified atom stereocenters. The van der Waals surface area contributed by atoms with Crippen molar-refractivity contribution in [3.8, 4) is 5.75 Å². The summed E-state index contributed by atoms with van der Waals surface area (Å²) in [5.41, 5.74) is 1.07. The molecule has 0 aliphatic heterocycles. The number of hydrogen-bond donors (Lipinski definition) is 1. The van der Waals surface area contributed by atoms with Crippen molar-refractivity contribution >= 4 is 21.8 Å². The Labute approximate surface area is 110 Å². The van der Waals surface area contributed by atoms with Crippen LogP contribution in [0.15, 0.2) is 35.3 Å². The summed E-state index contributed by atoms with van der Waals surface area (Å²) < 4.78 is 6.27. The number of nitrogens with one attached hydrogen (secondary N) is 1. The molecule has 0 spiro atoms. The van der Waals surface area contributed by atoms with E-state index in [-0.39, 0.29) is 5.91 Å². The summed E-state index contributed by atoms with van der Waals surface area (Å²) in [6.45, 7) is 6.44. The van der Waals surface area contributed by atoms with Crippen molar-refractivity contribution < 1.29 is 9.53 Å². The maximum atomic E-state index is 11.4. The Morgan fingerprint density at radius 1 is 1.47 bits per heavy atom. The van der Waals surface area contributed by atoms with Crippen molar-refractivity contribution in [1.29, 1.82) is 0 Å². The number of hydrogen-bond acceptors (Lipinski definition) is 2. The molecule has 0 saturated carbocycles. The minimum atomic E-state index is -0.0424. The fourth-order valence-corrected chi connectivity index (χ4v) is 1.40. The standard InChI is InChI=1S/C13H16BrNO2/c1-10-5-3-4-6-12(10)17-8-7-13(16)15-9-11(2)14/h3-6H,2,7-9H2,1H3,(H,15,16). The van der Waals surface area contributed by atoms with Crippen LogP contribution in [0.2, 0.25) is 0 Å². The van der Waals surface area contributed by atoms with Gasteiger partial charge in [-0.05, 0) is 18.6 Å². The molecule has 0 bridgehead atoms. The summed E-state index contributed by atoms with van der Waals surface area (Å²) in [6.07, 6.45) is 0.342. The Bertz CT molecular complexity index is 404. The molecule has 0 aliphatic carbocycles. The lowest BCUT2D eigenvalue weighted by Crippen LogP contribution is -2.25. The van der Waals surface area contributed by atoms with Crippen LogP contribution in [-0.2, 0) is 4.79 Å². The van der Waals surface area contributed by atoms with Gasteiger partial charge in [-0.3, -0.25) is 4.79 Å². The maximum absolute atomic E-state index is 11.4. The SMILES string of the molecule is C=C(Br)CNC(=O)CCOc1ccccc1C. The first kappa shape index (κ1) is 13.8. The molecule has 0 atom stereocenters. The Morgan fingerprint density at radius 2 is 2.18 bits per heavy atom. The fourth-order valence-electron chi connectivity index (χ4n) is 1.25. The van der Waals surface area contributed by atoms with Crippen molar-refractivity contribution in [2.24, 2.45) is 0 Å². The van der Waals surface area contributed by atoms with Crippen molar-refractivity contribution in [2.75, 3.05) is 13.2 Å². The normalized spacial score (nSPS) is 9.76. The zero-order valence-corrected chi connectivity index (χ0v) is 11.4. The van der Waals surface area contributed by atoms with Crippen molar-refractivity contribution in [3.63, 3.8) is 0 Å². The molecule has 1 aromatic carbocycles. The van der Waals surface area contributed by atoms with E-state index in [1.165, 1.54) is 0 Å². The first-order valence-corrected chi connectivity index (χ1v) is 6.17. The van der Waals surface area contributed by atoms with Crippen LogP contribution >= 0.6 is 15.9 Å². The Morgan fingerprint density at radius 3 is 2.82 bits per heavy atom. The topological polar surface area (TPSA) is 38.3 Å². The number of benzene rings is 1. The molecule has 0 saturated heterocycles. The Kier molecular flexibility index (Phi) is 5.77. The highest BCUT2D eigenvalue weighted by Gasteiger charge is 2.02. The number of carbonyl (C=O) groups excluding carboxylic acids is 1. The third-order valence-electron chi connectivity index (χ3n) is 2.16. The highest BCUT2D eigenvalue weighted by Crippen LogP contribution is 2.16. The second kappa shape index (κ2) is 7.12. The van der Waals surface area contributed by atoms with E-state index in [0.29, 0.717) is 19.6 Å². The highest BCUT2D eigenvalue weighted by atomic mass is 79.9. The van der Waals surface area contributed by atoms with Gasteiger partial charge in [-0.15, -0.1) is 0 Å². The molecule has 1 rings (SSSR count). The van der Waals surface area contributed by atoms with Gasteiger partial charge in [-0.25, -0.2) is 0 Å². The van der Waals surface area contributed by atoms with Gasteiger partial charge >= 0.3 is 0 Å². The molecule has 0 heterocycles. The molecule has 0 aromatic heterocycles. The van der Waals surface area contributed by atoms with Crippen LogP contribution in [0.3, 0.4) is 0 Å². The molecule has 1 aromatic rings. The molecule has 1 N–H and O–H groups in total. The molecule has 0 fully saturated rings. The second-order valence-corrected chi connectivity index (χ2v) is 4.78. The number of para-hydroxylation sites is 1. The van der Waals surface area contributed by atoms with E-state index in [1.807, 2.05) is 31.2 Å². The van der Waals surface area contributed by atoms with Gasteiger partial charge in [-0.1, -0.05) is 40.7 Å². The van der Waals surface area contributed by atoms with E-state index in [0.717, 1.165) is 15.8 Å². The lowest BCUT2D eigenvalue weighted by Gasteiger charge is -2.08. The van der Waals surface area contributed by atoms with E-state index in [1.54, 1.807) is 0 Å². The van der Waals surface area contributed by atoms with Crippen molar-refractivity contribution in [3.05, 3.63) is 40.9 Å². The van der Waals surface area contributed by atoms with E-state index in [2.05, 4.69) is 27.8 Å². The third kappa shape index (κ3) is 5.54. The van der Waals surface area contributed by atoms with Crippen LogP contribution in [0, 0.1) is 6.92 Å². The van der Waals surface area contributed by atoms with E-state index in [9.17, 15) is 4.79 Å². The van der Waals surface area contributed by atoms with Crippen LogP contribution in [-0.4, -0.2) is 19.1 Å². The molecule has 0 radical (unpaired) electrons. The summed E-state index contributed by atoms with van der Waals surface area (Å²) >= 11 is 3.18. The number of halogens is 1. The summed E-state index contributed by atoms with van der Waals surface area (Å²) in [5, 5.41) is 2.72. The van der Waals surface area contributed by atoms with Crippen molar-refractivity contribution in [2.45, 2.75) is 13.3 Å². The molecule has 1 amide bonds. The first-order chi connectivity index (χ1) is 8.09. The van der Waals surface area contributed by atoms with Gasteiger partial charge in [0.25, 0.3) is 0 Å². The van der Waals surface area contributed by atoms with Gasteiger partial charge in [0, 0.05) is 11.0 Å². The fraction of sp³-hybridized carbons (Fsp3) is 0.308. The van der Waals surface area contributed by atoms with Crippen molar-refractivity contribution in [1.82, 2.24) is 5.32 Å². The lowest BCUT2D eigenvalue weighted by molar-refractivity contribution is -0.121. The largest absolute Gasteiger partial charge is 0.493 e. The Hall–Kier alpha value is -1.29. The lowest BCUT2D eigenvalue weighted by atomic mass is 10.2. The maximum Gasteiger partial charge on any atom is 0.223 e. The van der Waals surface area contributed by atoms with Crippen LogP contribution in [0.4, 0.5) is 0 Å². The van der Waals surface area contributed by atoms with Crippen LogP contribution < -0.4 is 10.1 Å². The second-order valence-electron chi connectivity index (χ2n) is 3.66. The molecule has 3 nitrogen and oxygen atoms in total. The van der Waals surface area contributed by atoms with Gasteiger partial charge in [0.2, 0.25) is 5.91 Å². The van der Waals surface area contributed by atoms with Crippen LogP contribution in [0.1, 0.15) is 12.0 Å². The molecular formula is C13H16BrNO2. The zero-order valence-electron chi connectivity index (χ0n) is 9.83. The minimum absolute atomic E-state index is 0.0424. The quantitative estimate of drug-likeness (QED) is 0.877. The number of amides is 1. The molecule has 4 heteroatoms. The predicted molar refractivity (Wildman–Crippen MR) is 72.4 cm³/mol. The van der Waals surface area contributed by atoms with E-state index in [4.69, 9.17) is 4.74 Å². The predicted octanol–water partition coefficient (Wildman–Crippen LogP) is 2.79. The van der Waals surface area contributed by atoms with E-state index < -0.39 is 0 Å². The minimum Gasteiger partial charge on any atom is -0.493 e. The van der Waals surface area contributed by atoms with Crippen LogP contribution in [0.25, 0.3) is 0 Å². The summed E-state index contributed by atoms with van der Waals surface area (Å²) in [5.74, 6) is 0.782. The number of ether oxygens (including phenoxy) is 1. The van der Waals surface area contributed by atoms with Gasteiger partial charge in [0.1, 0.15) is 5.75 Å². The van der Waals surface area contributed by atoms with E-state index >= 15 is 0 Å². The molecule has 17 heavy (non-hydrogen) atoms. The third-order valence-corrected chi connectivity index (χ3v) is 2.44. The number of rotatable bonds is 6. The zero-order chi connectivity index (χ0) is 12.7. The van der Waals surface area contributed by atoms with Crippen LogP contribution in [0.5, 0.6) is 5.75 Å². The van der Waals surface area contributed by atoms with Gasteiger partial charge in [0.05, 0.1) is 13.0 Å². The summed E-state index contributed by atoms with van der Waals surface area (Å²) in [7, 11) is 0. The monoisotopic (exact) mass is 297 g/mol. The molecular weight excluding hydrogens is 282 g/mol. The summed E-state index contributed by atoms with van der Waals surface area (Å²) in [4.78, 5) is 11.4. The Balaban J connectivity index is 2.26. The van der Waals surface area contributed by atoms with Gasteiger partial charge < -0.3 is 10.1 Å². The molecule has 0 aliphatic rings. The highest BCUT2D eigenvalue weighted by molar-refractivity contribution is 9.11. The first-order valence-electron chi connectivity index (χ1n) is 5.38. The summed E-state index contributed by atoms with van der Waals surface area (Å²) in [6, 6.07) is 7.74. The average molecular weight is 298 g/mol. The van der Waals surface area contributed by atoms with Gasteiger partial charge in [-0.2, -0.15) is 0 Å². The average Bonchev–Trinajstić information content (AvgIpc) is 2.29. The molecule has 92 valence electrons. The smallest absolute Gasteiger partial charge is 0.223 e. The number of carbonyl (C=O) groups is 1. The number of aryl methyl sites for hydroxylation is 1. The van der Waals surface area contributed by atoms with Gasteiger partial charge in [0.15, 0.2) is 0 Å².